The lowest BCUT2D eigenvalue weighted by Gasteiger charge is -2.20. The first-order valence-electron chi connectivity index (χ1n) is 6.37. The minimum Gasteiger partial charge on any atom is -0.340 e. The number of hydrogen-bond acceptors (Lipinski definition) is 1. The Balaban J connectivity index is 2.07. The Bertz CT molecular complexity index is 631. The Morgan fingerprint density at radius 1 is 1.10 bits per heavy atom. The zero-order chi connectivity index (χ0) is 15.4. The second-order valence-electron chi connectivity index (χ2n) is 4.72. The summed E-state index contributed by atoms with van der Waals surface area (Å²) >= 11 is 18.1. The summed E-state index contributed by atoms with van der Waals surface area (Å²) in [6.07, 6.45) is 0. The molecule has 21 heavy (non-hydrogen) atoms. The Labute approximate surface area is 139 Å². The number of nitrogens with zero attached hydrogens (tertiary/aromatic N) is 1. The van der Waals surface area contributed by atoms with Gasteiger partial charge in [0.15, 0.2) is 0 Å². The van der Waals surface area contributed by atoms with Gasteiger partial charge in [0.1, 0.15) is 5.38 Å². The van der Waals surface area contributed by atoms with Crippen molar-refractivity contribution >= 4 is 40.7 Å². The van der Waals surface area contributed by atoms with Crippen LogP contribution in [0.5, 0.6) is 0 Å². The molecule has 0 aliphatic rings. The van der Waals surface area contributed by atoms with Crippen molar-refractivity contribution in [1.82, 2.24) is 4.90 Å². The molecule has 0 saturated carbocycles. The molecule has 2 aromatic rings. The first-order chi connectivity index (χ1) is 9.99. The van der Waals surface area contributed by atoms with E-state index in [0.717, 1.165) is 11.1 Å². The molecular formula is C16H14Cl3NO. The second-order valence-corrected chi connectivity index (χ2v) is 5.97. The fourth-order valence-corrected chi connectivity index (χ4v) is 2.58. The summed E-state index contributed by atoms with van der Waals surface area (Å²) in [5.41, 5.74) is 1.68. The Morgan fingerprint density at radius 3 is 2.38 bits per heavy atom. The molecule has 1 amide bonds. The summed E-state index contributed by atoms with van der Waals surface area (Å²) in [7, 11) is 1.71. The summed E-state index contributed by atoms with van der Waals surface area (Å²) in [5.74, 6) is -0.158. The van der Waals surface area contributed by atoms with E-state index in [-0.39, 0.29) is 5.91 Å². The lowest BCUT2D eigenvalue weighted by Crippen LogP contribution is -2.29. The fourth-order valence-electron chi connectivity index (χ4n) is 1.95. The van der Waals surface area contributed by atoms with E-state index in [1.807, 2.05) is 36.4 Å². The van der Waals surface area contributed by atoms with Crippen LogP contribution in [-0.2, 0) is 11.3 Å². The van der Waals surface area contributed by atoms with Crippen molar-refractivity contribution < 1.29 is 4.79 Å². The molecule has 0 heterocycles. The third kappa shape index (κ3) is 4.13. The van der Waals surface area contributed by atoms with Crippen molar-refractivity contribution in [1.29, 1.82) is 0 Å². The highest BCUT2D eigenvalue weighted by molar-refractivity contribution is 6.42. The average molecular weight is 343 g/mol. The number of rotatable bonds is 4. The van der Waals surface area contributed by atoms with Gasteiger partial charge in [-0.15, -0.1) is 11.6 Å². The molecule has 110 valence electrons. The molecule has 2 nitrogen and oxygen atoms in total. The van der Waals surface area contributed by atoms with Crippen LogP contribution in [-0.4, -0.2) is 17.9 Å². The number of likely N-dealkylation sites (N-methyl/N-ethyl adjacent to an activating group) is 1. The van der Waals surface area contributed by atoms with Crippen molar-refractivity contribution in [3.05, 3.63) is 69.7 Å². The number of amides is 1. The van der Waals surface area contributed by atoms with E-state index in [1.165, 1.54) is 0 Å². The molecule has 0 aliphatic heterocycles. The van der Waals surface area contributed by atoms with E-state index in [1.54, 1.807) is 24.1 Å². The van der Waals surface area contributed by atoms with E-state index in [0.29, 0.717) is 16.6 Å². The maximum absolute atomic E-state index is 12.3. The van der Waals surface area contributed by atoms with Crippen LogP contribution in [0.25, 0.3) is 0 Å². The summed E-state index contributed by atoms with van der Waals surface area (Å²) in [6.45, 7) is 0.422. The molecule has 0 N–H and O–H groups in total. The van der Waals surface area contributed by atoms with Gasteiger partial charge >= 0.3 is 0 Å². The highest BCUT2D eigenvalue weighted by atomic mass is 35.5. The summed E-state index contributed by atoms with van der Waals surface area (Å²) < 4.78 is 0. The maximum Gasteiger partial charge on any atom is 0.245 e. The minimum absolute atomic E-state index is 0.158. The lowest BCUT2D eigenvalue weighted by atomic mass is 10.1. The molecule has 0 fully saturated rings. The van der Waals surface area contributed by atoms with Crippen molar-refractivity contribution in [3.63, 3.8) is 0 Å². The van der Waals surface area contributed by atoms with Gasteiger partial charge in [0.2, 0.25) is 5.91 Å². The predicted octanol–water partition coefficient (Wildman–Crippen LogP) is 4.93. The summed E-state index contributed by atoms with van der Waals surface area (Å²) in [5, 5.41) is 0.272. The third-order valence-electron chi connectivity index (χ3n) is 3.09. The topological polar surface area (TPSA) is 20.3 Å². The average Bonchev–Trinajstić information content (AvgIpc) is 2.50. The van der Waals surface area contributed by atoms with Gasteiger partial charge in [-0.2, -0.15) is 0 Å². The van der Waals surface area contributed by atoms with Crippen LogP contribution in [0.1, 0.15) is 16.5 Å². The molecule has 5 heteroatoms. The highest BCUT2D eigenvalue weighted by Crippen LogP contribution is 2.25. The monoisotopic (exact) mass is 341 g/mol. The molecular weight excluding hydrogens is 329 g/mol. The van der Waals surface area contributed by atoms with Crippen LogP contribution in [0.2, 0.25) is 10.0 Å². The number of carbonyl (C=O) groups excluding carboxylic acids is 1. The molecule has 0 aromatic heterocycles. The van der Waals surface area contributed by atoms with Crippen LogP contribution in [0.4, 0.5) is 0 Å². The van der Waals surface area contributed by atoms with Crippen LogP contribution in [0.15, 0.2) is 48.5 Å². The number of carbonyl (C=O) groups is 1. The van der Waals surface area contributed by atoms with Crippen molar-refractivity contribution in [2.24, 2.45) is 0 Å². The second kappa shape index (κ2) is 7.17. The number of alkyl halides is 1. The first kappa shape index (κ1) is 16.2. The van der Waals surface area contributed by atoms with Gasteiger partial charge in [-0.05, 0) is 23.3 Å². The fraction of sp³-hybridized carbons (Fsp3) is 0.188. The normalized spacial score (nSPS) is 12.0. The molecule has 2 aromatic carbocycles. The van der Waals surface area contributed by atoms with Crippen molar-refractivity contribution in [3.8, 4) is 0 Å². The standard InChI is InChI=1S/C16H14Cl3NO/c1-20(10-11-7-8-13(17)14(18)9-11)16(21)15(19)12-5-3-2-4-6-12/h2-9,15H,10H2,1H3. The Hall–Kier alpha value is -1.22. The summed E-state index contributed by atoms with van der Waals surface area (Å²) in [6, 6.07) is 14.6. The molecule has 0 radical (unpaired) electrons. The number of hydrogen-bond donors (Lipinski definition) is 0. The first-order valence-corrected chi connectivity index (χ1v) is 7.56. The van der Waals surface area contributed by atoms with Crippen LogP contribution in [0.3, 0.4) is 0 Å². The number of benzene rings is 2. The molecule has 1 unspecified atom stereocenters. The van der Waals surface area contributed by atoms with Crippen molar-refractivity contribution in [2.45, 2.75) is 11.9 Å². The van der Waals surface area contributed by atoms with Gasteiger partial charge < -0.3 is 4.90 Å². The van der Waals surface area contributed by atoms with E-state index < -0.39 is 5.38 Å². The lowest BCUT2D eigenvalue weighted by molar-refractivity contribution is -0.130. The van der Waals surface area contributed by atoms with Crippen LogP contribution >= 0.6 is 34.8 Å². The maximum atomic E-state index is 12.3. The highest BCUT2D eigenvalue weighted by Gasteiger charge is 2.21. The van der Waals surface area contributed by atoms with E-state index in [2.05, 4.69) is 0 Å². The molecule has 0 aliphatic carbocycles. The SMILES string of the molecule is CN(Cc1ccc(Cl)c(Cl)c1)C(=O)C(Cl)c1ccccc1. The predicted molar refractivity (Wildman–Crippen MR) is 88.0 cm³/mol. The van der Waals surface area contributed by atoms with Crippen LogP contribution < -0.4 is 0 Å². The van der Waals surface area contributed by atoms with Gasteiger partial charge in [-0.1, -0.05) is 59.6 Å². The molecule has 0 bridgehead atoms. The zero-order valence-corrected chi connectivity index (χ0v) is 13.7. The van der Waals surface area contributed by atoms with E-state index >= 15 is 0 Å². The number of halogens is 3. The van der Waals surface area contributed by atoms with E-state index in [4.69, 9.17) is 34.8 Å². The molecule has 0 spiro atoms. The molecule has 2 rings (SSSR count). The quantitative estimate of drug-likeness (QED) is 0.721. The minimum atomic E-state index is -0.695. The molecule has 0 saturated heterocycles. The van der Waals surface area contributed by atoms with Crippen LogP contribution in [0, 0.1) is 0 Å². The van der Waals surface area contributed by atoms with Gasteiger partial charge in [-0.25, -0.2) is 0 Å². The largest absolute Gasteiger partial charge is 0.340 e. The Morgan fingerprint density at radius 2 is 1.76 bits per heavy atom. The molecule has 1 atom stereocenters. The smallest absolute Gasteiger partial charge is 0.245 e. The van der Waals surface area contributed by atoms with Gasteiger partial charge in [0.05, 0.1) is 10.0 Å². The van der Waals surface area contributed by atoms with Crippen molar-refractivity contribution in [2.75, 3.05) is 7.05 Å². The van der Waals surface area contributed by atoms with Gasteiger partial charge in [0.25, 0.3) is 0 Å². The summed E-state index contributed by atoms with van der Waals surface area (Å²) in [4.78, 5) is 13.9. The van der Waals surface area contributed by atoms with Gasteiger partial charge in [-0.3, -0.25) is 4.79 Å². The zero-order valence-electron chi connectivity index (χ0n) is 11.4. The third-order valence-corrected chi connectivity index (χ3v) is 4.27. The van der Waals surface area contributed by atoms with E-state index in [9.17, 15) is 4.79 Å². The Kier molecular flexibility index (Phi) is 5.51. The van der Waals surface area contributed by atoms with Gasteiger partial charge in [0, 0.05) is 13.6 Å².